The van der Waals surface area contributed by atoms with E-state index in [1.165, 1.54) is 16.0 Å². The van der Waals surface area contributed by atoms with E-state index in [9.17, 15) is 4.79 Å². The van der Waals surface area contributed by atoms with Crippen LogP contribution in [0.1, 0.15) is 43.9 Å². The second kappa shape index (κ2) is 10.2. The van der Waals surface area contributed by atoms with Crippen molar-refractivity contribution < 1.29 is 24.1 Å². The van der Waals surface area contributed by atoms with Gasteiger partial charge in [-0.2, -0.15) is 0 Å². The third kappa shape index (κ3) is 5.38. The number of hydrogen-bond acceptors (Lipinski definition) is 3. The number of amides is 1. The number of quaternary nitrogens is 2. The second-order valence-electron chi connectivity index (χ2n) is 8.75. The molecule has 166 valence electrons. The molecule has 0 aromatic heterocycles. The minimum Gasteiger partial charge on any atom is -0.454 e. The van der Waals surface area contributed by atoms with Crippen LogP contribution < -0.4 is 24.6 Å². The molecule has 2 aromatic carbocycles. The van der Waals surface area contributed by atoms with E-state index in [0.29, 0.717) is 6.79 Å². The maximum Gasteiger partial charge on any atom is 0.278 e. The summed E-state index contributed by atoms with van der Waals surface area (Å²) in [4.78, 5) is 16.0. The number of ether oxygens (including phenoxy) is 2. The molecule has 4 rings (SSSR count). The zero-order valence-corrected chi connectivity index (χ0v) is 18.7. The number of piperazine rings is 1. The molecule has 0 bridgehead atoms. The molecule has 2 atom stereocenters. The minimum absolute atomic E-state index is 0.0323. The summed E-state index contributed by atoms with van der Waals surface area (Å²) in [5, 5.41) is 3.31. The van der Waals surface area contributed by atoms with Gasteiger partial charge in [0.05, 0.1) is 6.04 Å². The smallest absolute Gasteiger partial charge is 0.278 e. The molecule has 0 radical (unpaired) electrons. The zero-order valence-electron chi connectivity index (χ0n) is 18.7. The van der Waals surface area contributed by atoms with Crippen LogP contribution in [0, 0.1) is 0 Å². The van der Waals surface area contributed by atoms with Gasteiger partial charge in [-0.3, -0.25) is 4.79 Å². The van der Waals surface area contributed by atoms with Crippen LogP contribution in [0.3, 0.4) is 0 Å². The summed E-state index contributed by atoms with van der Waals surface area (Å²) >= 11 is 0. The van der Waals surface area contributed by atoms with E-state index in [1.807, 2.05) is 24.3 Å². The van der Waals surface area contributed by atoms with Gasteiger partial charge in [0.15, 0.2) is 17.5 Å². The standard InChI is InChI=1S/C25H33N3O3/c1-3-7-22(21-8-5-4-6-9-21)26-25(29)19(2)28-14-12-27(13-15-28)17-20-10-11-23-24(16-20)31-18-30-23/h4-6,8-11,16,19,22H,3,7,12-15,17-18H2,1-2H3,(H,26,29)/p+2/t19-,22-/m0/s1. The Hall–Kier alpha value is -2.57. The van der Waals surface area contributed by atoms with Gasteiger partial charge in [-0.15, -0.1) is 0 Å². The van der Waals surface area contributed by atoms with Crippen molar-refractivity contribution in [2.75, 3.05) is 33.0 Å². The lowest BCUT2D eigenvalue weighted by molar-refractivity contribution is -1.02. The van der Waals surface area contributed by atoms with Crippen molar-refractivity contribution in [1.29, 1.82) is 0 Å². The van der Waals surface area contributed by atoms with Crippen molar-refractivity contribution in [1.82, 2.24) is 5.32 Å². The molecule has 31 heavy (non-hydrogen) atoms. The van der Waals surface area contributed by atoms with Crippen LogP contribution in [-0.2, 0) is 11.3 Å². The third-order valence-electron chi connectivity index (χ3n) is 6.59. The Labute approximate surface area is 185 Å². The monoisotopic (exact) mass is 425 g/mol. The summed E-state index contributed by atoms with van der Waals surface area (Å²) < 4.78 is 10.9. The average Bonchev–Trinajstić information content (AvgIpc) is 3.27. The normalized spacial score (nSPS) is 22.0. The van der Waals surface area contributed by atoms with Crippen LogP contribution in [-0.4, -0.2) is 44.9 Å². The first kappa shape index (κ1) is 21.7. The van der Waals surface area contributed by atoms with Gasteiger partial charge in [0.2, 0.25) is 6.79 Å². The fourth-order valence-corrected chi connectivity index (χ4v) is 4.65. The molecule has 1 amide bonds. The number of nitrogens with one attached hydrogen (secondary N) is 3. The van der Waals surface area contributed by atoms with Gasteiger partial charge in [0.25, 0.3) is 5.91 Å². The predicted molar refractivity (Wildman–Crippen MR) is 119 cm³/mol. The van der Waals surface area contributed by atoms with E-state index in [4.69, 9.17) is 9.47 Å². The SMILES string of the molecule is CCC[C@H](NC(=O)[C@H](C)[NH+]1CC[NH+](Cc2ccc3c(c2)OCO3)CC1)c1ccccc1. The topological polar surface area (TPSA) is 56.4 Å². The van der Waals surface area contributed by atoms with Gasteiger partial charge in [-0.25, -0.2) is 0 Å². The number of benzene rings is 2. The largest absolute Gasteiger partial charge is 0.454 e. The van der Waals surface area contributed by atoms with Crippen LogP contribution in [0.25, 0.3) is 0 Å². The maximum absolute atomic E-state index is 13.0. The zero-order chi connectivity index (χ0) is 21.6. The summed E-state index contributed by atoms with van der Waals surface area (Å²) in [6.45, 7) is 9.70. The molecule has 0 aliphatic carbocycles. The summed E-state index contributed by atoms with van der Waals surface area (Å²) in [6, 6.07) is 16.6. The highest BCUT2D eigenvalue weighted by Crippen LogP contribution is 2.32. The van der Waals surface area contributed by atoms with Gasteiger partial charge in [-0.1, -0.05) is 43.7 Å². The number of fused-ring (bicyclic) bond motifs is 1. The van der Waals surface area contributed by atoms with E-state index in [0.717, 1.165) is 57.1 Å². The Morgan fingerprint density at radius 3 is 2.52 bits per heavy atom. The lowest BCUT2D eigenvalue weighted by Gasteiger charge is -2.33. The highest BCUT2D eigenvalue weighted by molar-refractivity contribution is 5.80. The first-order valence-corrected chi connectivity index (χ1v) is 11.6. The summed E-state index contributed by atoms with van der Waals surface area (Å²) in [7, 11) is 0. The Balaban J connectivity index is 1.28. The molecule has 2 heterocycles. The van der Waals surface area contributed by atoms with E-state index in [-0.39, 0.29) is 18.0 Å². The Bertz CT molecular complexity index is 866. The molecule has 0 unspecified atom stereocenters. The molecule has 2 aromatic rings. The van der Waals surface area contributed by atoms with E-state index >= 15 is 0 Å². The van der Waals surface area contributed by atoms with E-state index in [2.05, 4.69) is 43.4 Å². The first-order valence-electron chi connectivity index (χ1n) is 11.6. The minimum atomic E-state index is -0.0323. The number of rotatable bonds is 8. The summed E-state index contributed by atoms with van der Waals surface area (Å²) in [6.07, 6.45) is 2.01. The van der Waals surface area contributed by atoms with Crippen molar-refractivity contribution in [3.05, 3.63) is 59.7 Å². The molecule has 0 saturated carbocycles. The number of hydrogen-bond donors (Lipinski definition) is 3. The highest BCUT2D eigenvalue weighted by Gasteiger charge is 2.32. The van der Waals surface area contributed by atoms with Crippen LogP contribution in [0.2, 0.25) is 0 Å². The van der Waals surface area contributed by atoms with Gasteiger partial charge in [0.1, 0.15) is 32.7 Å². The molecule has 1 fully saturated rings. The highest BCUT2D eigenvalue weighted by atomic mass is 16.7. The van der Waals surface area contributed by atoms with Gasteiger partial charge < -0.3 is 24.6 Å². The maximum atomic E-state index is 13.0. The van der Waals surface area contributed by atoms with E-state index in [1.54, 1.807) is 4.90 Å². The van der Waals surface area contributed by atoms with Crippen molar-refractivity contribution in [3.63, 3.8) is 0 Å². The summed E-state index contributed by atoms with van der Waals surface area (Å²) in [5.41, 5.74) is 2.47. The molecule has 2 aliphatic heterocycles. The number of carbonyl (C=O) groups excluding carboxylic acids is 1. The van der Waals surface area contributed by atoms with Crippen LogP contribution in [0.4, 0.5) is 0 Å². The lowest BCUT2D eigenvalue weighted by Crippen LogP contribution is -3.29. The summed E-state index contributed by atoms with van der Waals surface area (Å²) in [5.74, 6) is 1.85. The Morgan fingerprint density at radius 2 is 1.77 bits per heavy atom. The molecule has 6 nitrogen and oxygen atoms in total. The second-order valence-corrected chi connectivity index (χ2v) is 8.75. The number of carbonyl (C=O) groups is 1. The average molecular weight is 426 g/mol. The molecule has 0 spiro atoms. The Kier molecular flexibility index (Phi) is 7.10. The fraction of sp³-hybridized carbons (Fsp3) is 0.480. The van der Waals surface area contributed by atoms with E-state index < -0.39 is 0 Å². The lowest BCUT2D eigenvalue weighted by atomic mass is 10.0. The molecule has 1 saturated heterocycles. The quantitative estimate of drug-likeness (QED) is 0.585. The van der Waals surface area contributed by atoms with Crippen molar-refractivity contribution in [3.8, 4) is 11.5 Å². The predicted octanol–water partition coefficient (Wildman–Crippen LogP) is 0.745. The van der Waals surface area contributed by atoms with Gasteiger partial charge >= 0.3 is 0 Å². The van der Waals surface area contributed by atoms with Crippen molar-refractivity contribution in [2.45, 2.75) is 45.3 Å². The van der Waals surface area contributed by atoms with Crippen LogP contribution >= 0.6 is 0 Å². The third-order valence-corrected chi connectivity index (χ3v) is 6.59. The van der Waals surface area contributed by atoms with Gasteiger partial charge in [0, 0.05) is 5.56 Å². The molecular weight excluding hydrogens is 390 g/mol. The Morgan fingerprint density at radius 1 is 1.03 bits per heavy atom. The molecule has 2 aliphatic rings. The van der Waals surface area contributed by atoms with Crippen molar-refractivity contribution >= 4 is 5.91 Å². The molecular formula is C25H35N3O3+2. The van der Waals surface area contributed by atoms with Crippen LogP contribution in [0.15, 0.2) is 48.5 Å². The van der Waals surface area contributed by atoms with Gasteiger partial charge in [-0.05, 0) is 37.1 Å². The fourth-order valence-electron chi connectivity index (χ4n) is 4.65. The van der Waals surface area contributed by atoms with Crippen molar-refractivity contribution in [2.24, 2.45) is 0 Å². The molecule has 6 heteroatoms. The first-order chi connectivity index (χ1) is 15.1. The van der Waals surface area contributed by atoms with Crippen LogP contribution in [0.5, 0.6) is 11.5 Å². The molecule has 3 N–H and O–H groups in total.